The van der Waals surface area contributed by atoms with E-state index in [0.717, 1.165) is 42.4 Å². The fourth-order valence-electron chi connectivity index (χ4n) is 2.37. The molecule has 1 aromatic carbocycles. The van der Waals surface area contributed by atoms with Crippen molar-refractivity contribution in [3.63, 3.8) is 0 Å². The Kier molecular flexibility index (Phi) is 3.25. The monoisotopic (exact) mass is 219 g/mol. The van der Waals surface area contributed by atoms with E-state index in [0.29, 0.717) is 12.3 Å². The van der Waals surface area contributed by atoms with Crippen molar-refractivity contribution in [3.05, 3.63) is 28.8 Å². The van der Waals surface area contributed by atoms with E-state index in [9.17, 15) is 9.90 Å². The molecule has 0 bridgehead atoms. The van der Waals surface area contributed by atoms with Crippen LogP contribution in [-0.2, 0) is 12.8 Å². The van der Waals surface area contributed by atoms with Crippen LogP contribution < -0.4 is 5.32 Å². The maximum atomic E-state index is 11.9. The highest BCUT2D eigenvalue weighted by molar-refractivity contribution is 5.99. The average Bonchev–Trinajstić information content (AvgIpc) is 2.30. The molecule has 0 fully saturated rings. The molecule has 0 saturated carbocycles. The van der Waals surface area contributed by atoms with Crippen molar-refractivity contribution in [3.8, 4) is 5.75 Å². The lowest BCUT2D eigenvalue weighted by Gasteiger charge is -2.19. The Hall–Kier alpha value is -1.35. The molecule has 0 heterocycles. The van der Waals surface area contributed by atoms with Gasteiger partial charge in [0.25, 0.3) is 0 Å². The fourth-order valence-corrected chi connectivity index (χ4v) is 2.37. The molecular weight excluding hydrogens is 202 g/mol. The average molecular weight is 219 g/mol. The molecule has 0 spiro atoms. The van der Waals surface area contributed by atoms with Gasteiger partial charge < -0.3 is 10.4 Å². The van der Waals surface area contributed by atoms with Crippen molar-refractivity contribution < 1.29 is 9.90 Å². The van der Waals surface area contributed by atoms with Gasteiger partial charge in [-0.3, -0.25) is 4.79 Å². The Balaban J connectivity index is 2.42. The molecular formula is C13H17NO2. The van der Waals surface area contributed by atoms with Crippen molar-refractivity contribution in [2.24, 2.45) is 0 Å². The zero-order chi connectivity index (χ0) is 11.5. The Bertz CT molecular complexity index is 413. The van der Waals surface area contributed by atoms with Gasteiger partial charge >= 0.3 is 0 Å². The first-order valence-electron chi connectivity index (χ1n) is 5.75. The van der Waals surface area contributed by atoms with Gasteiger partial charge in [-0.2, -0.15) is 0 Å². The lowest BCUT2D eigenvalue weighted by Crippen LogP contribution is -2.21. The molecule has 1 aliphatic rings. The summed E-state index contributed by atoms with van der Waals surface area (Å²) in [5.74, 6) is 0.455. The van der Waals surface area contributed by atoms with Crippen LogP contribution in [0.2, 0.25) is 0 Å². The summed E-state index contributed by atoms with van der Waals surface area (Å²) in [5.41, 5.74) is 2.82. The summed E-state index contributed by atoms with van der Waals surface area (Å²) in [4.78, 5) is 11.9. The van der Waals surface area contributed by atoms with Gasteiger partial charge in [0, 0.05) is 5.56 Å². The fraction of sp³-hybridized carbons (Fsp3) is 0.462. The third-order valence-electron chi connectivity index (χ3n) is 3.15. The molecule has 1 aliphatic carbocycles. The van der Waals surface area contributed by atoms with Crippen LogP contribution in [0.5, 0.6) is 5.75 Å². The van der Waals surface area contributed by atoms with E-state index in [-0.39, 0.29) is 5.78 Å². The SMILES string of the molecule is CNCC(=O)c1ccc(O)c2c1CCCC2. The number of fused-ring (bicyclic) bond motifs is 1. The molecule has 2 rings (SSSR count). The number of phenolic OH excluding ortho intramolecular Hbond substituents is 1. The zero-order valence-electron chi connectivity index (χ0n) is 9.55. The highest BCUT2D eigenvalue weighted by atomic mass is 16.3. The summed E-state index contributed by atoms with van der Waals surface area (Å²) in [6, 6.07) is 3.40. The minimum atomic E-state index is 0.112. The van der Waals surface area contributed by atoms with Crippen molar-refractivity contribution in [1.82, 2.24) is 5.32 Å². The van der Waals surface area contributed by atoms with Gasteiger partial charge in [-0.05, 0) is 56.0 Å². The zero-order valence-corrected chi connectivity index (χ0v) is 9.55. The molecule has 1 aromatic rings. The normalized spacial score (nSPS) is 14.6. The summed E-state index contributed by atoms with van der Waals surface area (Å²) in [7, 11) is 1.77. The van der Waals surface area contributed by atoms with Crippen molar-refractivity contribution >= 4 is 5.78 Å². The minimum Gasteiger partial charge on any atom is -0.508 e. The molecule has 0 radical (unpaired) electrons. The third kappa shape index (κ3) is 1.95. The van der Waals surface area contributed by atoms with E-state index in [2.05, 4.69) is 5.32 Å². The quantitative estimate of drug-likeness (QED) is 0.760. The van der Waals surface area contributed by atoms with Crippen LogP contribution in [0.1, 0.15) is 34.3 Å². The van der Waals surface area contributed by atoms with E-state index in [4.69, 9.17) is 0 Å². The smallest absolute Gasteiger partial charge is 0.176 e. The van der Waals surface area contributed by atoms with E-state index >= 15 is 0 Å². The first-order chi connectivity index (χ1) is 7.74. The standard InChI is InChI=1S/C13H17NO2/c1-14-8-13(16)11-6-7-12(15)10-5-3-2-4-9(10)11/h6-7,14-15H,2-5,8H2,1H3. The number of carbonyl (C=O) groups excluding carboxylic acids is 1. The van der Waals surface area contributed by atoms with Crippen LogP contribution in [0, 0.1) is 0 Å². The number of Topliss-reactive ketones (excluding diaryl/α,β-unsaturated/α-hetero) is 1. The molecule has 0 aliphatic heterocycles. The Morgan fingerprint density at radius 1 is 1.31 bits per heavy atom. The molecule has 3 heteroatoms. The highest BCUT2D eigenvalue weighted by Crippen LogP contribution is 2.31. The molecule has 2 N–H and O–H groups in total. The molecule has 3 nitrogen and oxygen atoms in total. The second kappa shape index (κ2) is 4.66. The predicted molar refractivity (Wildman–Crippen MR) is 63.0 cm³/mol. The van der Waals surface area contributed by atoms with Crippen LogP contribution in [0.3, 0.4) is 0 Å². The number of hydrogen-bond acceptors (Lipinski definition) is 3. The van der Waals surface area contributed by atoms with Gasteiger partial charge in [0.2, 0.25) is 0 Å². The van der Waals surface area contributed by atoms with Crippen molar-refractivity contribution in [2.75, 3.05) is 13.6 Å². The summed E-state index contributed by atoms with van der Waals surface area (Å²) in [6.45, 7) is 0.358. The van der Waals surface area contributed by atoms with Crippen LogP contribution in [0.25, 0.3) is 0 Å². The number of benzene rings is 1. The second-order valence-corrected chi connectivity index (χ2v) is 4.25. The maximum Gasteiger partial charge on any atom is 0.176 e. The van der Waals surface area contributed by atoms with Gasteiger partial charge in [-0.25, -0.2) is 0 Å². The molecule has 86 valence electrons. The van der Waals surface area contributed by atoms with Gasteiger partial charge in [0.05, 0.1) is 6.54 Å². The topological polar surface area (TPSA) is 49.3 Å². The summed E-state index contributed by atoms with van der Waals surface area (Å²) in [5, 5.41) is 12.6. The van der Waals surface area contributed by atoms with Crippen LogP contribution in [0.4, 0.5) is 0 Å². The largest absolute Gasteiger partial charge is 0.508 e. The molecule has 0 atom stereocenters. The molecule has 0 amide bonds. The molecule has 16 heavy (non-hydrogen) atoms. The maximum absolute atomic E-state index is 11.9. The highest BCUT2D eigenvalue weighted by Gasteiger charge is 2.19. The molecule has 0 saturated heterocycles. The third-order valence-corrected chi connectivity index (χ3v) is 3.15. The number of aromatic hydroxyl groups is 1. The Morgan fingerprint density at radius 3 is 2.69 bits per heavy atom. The van der Waals surface area contributed by atoms with E-state index < -0.39 is 0 Å². The van der Waals surface area contributed by atoms with Gasteiger partial charge in [-0.1, -0.05) is 0 Å². The minimum absolute atomic E-state index is 0.112. The summed E-state index contributed by atoms with van der Waals surface area (Å²) in [6.07, 6.45) is 4.01. The number of likely N-dealkylation sites (N-methyl/N-ethyl adjacent to an activating group) is 1. The van der Waals surface area contributed by atoms with Crippen molar-refractivity contribution in [1.29, 1.82) is 0 Å². The summed E-state index contributed by atoms with van der Waals surface area (Å²) >= 11 is 0. The number of ketones is 1. The molecule has 0 aromatic heterocycles. The number of phenols is 1. The van der Waals surface area contributed by atoms with Gasteiger partial charge in [-0.15, -0.1) is 0 Å². The first-order valence-corrected chi connectivity index (χ1v) is 5.75. The lowest BCUT2D eigenvalue weighted by atomic mass is 9.86. The van der Waals surface area contributed by atoms with Crippen LogP contribution >= 0.6 is 0 Å². The number of hydrogen-bond donors (Lipinski definition) is 2. The number of rotatable bonds is 3. The Morgan fingerprint density at radius 2 is 2.00 bits per heavy atom. The van der Waals surface area contributed by atoms with Crippen LogP contribution in [-0.4, -0.2) is 24.5 Å². The first kappa shape index (κ1) is 11.1. The van der Waals surface area contributed by atoms with Crippen molar-refractivity contribution in [2.45, 2.75) is 25.7 Å². The van der Waals surface area contributed by atoms with E-state index in [1.165, 1.54) is 0 Å². The van der Waals surface area contributed by atoms with E-state index in [1.807, 2.05) is 0 Å². The van der Waals surface area contributed by atoms with Gasteiger partial charge in [0.1, 0.15) is 5.75 Å². The number of nitrogens with one attached hydrogen (secondary N) is 1. The van der Waals surface area contributed by atoms with Crippen LogP contribution in [0.15, 0.2) is 12.1 Å². The number of carbonyl (C=O) groups is 1. The van der Waals surface area contributed by atoms with Gasteiger partial charge in [0.15, 0.2) is 5.78 Å². The van der Waals surface area contributed by atoms with E-state index in [1.54, 1.807) is 19.2 Å². The second-order valence-electron chi connectivity index (χ2n) is 4.25. The lowest BCUT2D eigenvalue weighted by molar-refractivity contribution is 0.0992. The molecule has 0 unspecified atom stereocenters. The predicted octanol–water partition coefficient (Wildman–Crippen LogP) is 1.67. The Labute approximate surface area is 95.5 Å². The summed E-state index contributed by atoms with van der Waals surface area (Å²) < 4.78 is 0.